The molecule has 0 atom stereocenters. The topological polar surface area (TPSA) is 12.9 Å². The molecule has 0 N–H and O–H groups in total. The van der Waals surface area contributed by atoms with E-state index in [1.54, 1.807) is 0 Å². The van der Waals surface area contributed by atoms with E-state index in [-0.39, 0.29) is 0 Å². The van der Waals surface area contributed by atoms with Gasteiger partial charge in [0.15, 0.2) is 0 Å². The summed E-state index contributed by atoms with van der Waals surface area (Å²) in [4.78, 5) is 4.18. The molecular formula is C5H6NSSn. The zero-order valence-electron chi connectivity index (χ0n) is 4.64. The first-order valence-electron chi connectivity index (χ1n) is 2.49. The van der Waals surface area contributed by atoms with E-state index < -0.39 is 0 Å². The van der Waals surface area contributed by atoms with Crippen LogP contribution < -0.4 is 2.89 Å². The molecule has 41 valence electrons. The van der Waals surface area contributed by atoms with Gasteiger partial charge in [0.2, 0.25) is 0 Å². The molecule has 1 aromatic heterocycles. The molecule has 0 amide bonds. The Morgan fingerprint density at radius 2 is 2.62 bits per heavy atom. The Hall–Kier alpha value is 0.429. The zero-order valence-corrected chi connectivity index (χ0v) is 8.31. The van der Waals surface area contributed by atoms with Crippen molar-refractivity contribution in [3.63, 3.8) is 0 Å². The van der Waals surface area contributed by atoms with Gasteiger partial charge in [0.25, 0.3) is 0 Å². The molecule has 1 nitrogen and oxygen atoms in total. The van der Waals surface area contributed by atoms with Gasteiger partial charge in [-0.15, -0.1) is 0 Å². The van der Waals surface area contributed by atoms with Crippen LogP contribution in [-0.4, -0.2) is 27.5 Å². The Balaban J connectivity index is 2.84. The van der Waals surface area contributed by atoms with Crippen molar-refractivity contribution < 1.29 is 0 Å². The van der Waals surface area contributed by atoms with Crippen molar-refractivity contribution in [3.8, 4) is 0 Å². The molecular weight excluding hydrogens is 225 g/mol. The summed E-state index contributed by atoms with van der Waals surface area (Å²) in [6, 6.07) is 0. The van der Waals surface area contributed by atoms with Crippen molar-refractivity contribution in [2.75, 3.05) is 0 Å². The van der Waals surface area contributed by atoms with Crippen LogP contribution in [0, 0.1) is 0 Å². The molecule has 0 spiro atoms. The third-order valence-electron chi connectivity index (χ3n) is 0.856. The predicted molar refractivity (Wildman–Crippen MR) is 36.9 cm³/mol. The fourth-order valence-corrected chi connectivity index (χ4v) is 2.28. The van der Waals surface area contributed by atoms with Crippen LogP contribution in [0.4, 0.5) is 0 Å². The van der Waals surface area contributed by atoms with Crippen molar-refractivity contribution >= 4 is 36.8 Å². The van der Waals surface area contributed by atoms with Gasteiger partial charge in [0.05, 0.1) is 0 Å². The number of rotatable bonds is 1. The quantitative estimate of drug-likeness (QED) is 0.641. The second-order valence-corrected chi connectivity index (χ2v) is 5.16. The van der Waals surface area contributed by atoms with E-state index in [2.05, 4.69) is 11.9 Å². The average Bonchev–Trinajstić information content (AvgIpc) is 2.14. The Labute approximate surface area is 66.2 Å². The van der Waals surface area contributed by atoms with Crippen molar-refractivity contribution in [2.45, 2.75) is 13.3 Å². The molecule has 0 saturated heterocycles. The molecule has 0 aliphatic carbocycles. The predicted octanol–water partition coefficient (Wildman–Crippen LogP) is 0.499. The Kier molecular flexibility index (Phi) is 2.31. The van der Waals surface area contributed by atoms with Gasteiger partial charge in [-0.05, 0) is 0 Å². The van der Waals surface area contributed by atoms with Crippen LogP contribution in [0.2, 0.25) is 0 Å². The van der Waals surface area contributed by atoms with Crippen LogP contribution in [0.25, 0.3) is 0 Å². The van der Waals surface area contributed by atoms with Gasteiger partial charge in [-0.25, -0.2) is 0 Å². The fourth-order valence-electron chi connectivity index (χ4n) is 0.474. The van der Waals surface area contributed by atoms with Gasteiger partial charge in [-0.1, -0.05) is 0 Å². The average molecular weight is 231 g/mol. The number of aromatic nitrogens is 1. The zero-order chi connectivity index (χ0) is 5.98. The summed E-state index contributed by atoms with van der Waals surface area (Å²) in [6.07, 6.45) is 3.04. The molecule has 0 bridgehead atoms. The molecule has 0 aliphatic heterocycles. The van der Waals surface area contributed by atoms with Gasteiger partial charge in [-0.3, -0.25) is 0 Å². The third-order valence-corrected chi connectivity index (χ3v) is 3.05. The van der Waals surface area contributed by atoms with Crippen LogP contribution >= 0.6 is 11.3 Å². The maximum absolute atomic E-state index is 4.18. The molecule has 0 fully saturated rings. The molecule has 1 aromatic rings. The molecule has 0 aliphatic rings. The van der Waals surface area contributed by atoms with Gasteiger partial charge in [-0.2, -0.15) is 0 Å². The van der Waals surface area contributed by atoms with Crippen LogP contribution in [0.15, 0.2) is 6.20 Å². The van der Waals surface area contributed by atoms with Crippen molar-refractivity contribution in [1.82, 2.24) is 4.98 Å². The summed E-state index contributed by atoms with van der Waals surface area (Å²) in [6.45, 7) is 2.13. The summed E-state index contributed by atoms with van der Waals surface area (Å²) in [5.41, 5.74) is 0. The van der Waals surface area contributed by atoms with Crippen LogP contribution in [0.3, 0.4) is 0 Å². The first kappa shape index (κ1) is 6.55. The standard InChI is InChI=1S/C5H6NS.Sn/c1-2-5-6-3-4-7-5;/h3H,2H2,1H3;. The summed E-state index contributed by atoms with van der Waals surface area (Å²) in [5, 5.41) is 1.26. The van der Waals surface area contributed by atoms with Gasteiger partial charge >= 0.3 is 66.3 Å². The van der Waals surface area contributed by atoms with Gasteiger partial charge < -0.3 is 0 Å². The Morgan fingerprint density at radius 3 is 2.88 bits per heavy atom. The van der Waals surface area contributed by atoms with Crippen LogP contribution in [0.5, 0.6) is 0 Å². The van der Waals surface area contributed by atoms with E-state index in [4.69, 9.17) is 0 Å². The van der Waals surface area contributed by atoms with Gasteiger partial charge in [0, 0.05) is 0 Å². The molecule has 1 heterocycles. The molecule has 3 radical (unpaired) electrons. The minimum atomic E-state index is 1.08. The molecule has 0 saturated carbocycles. The summed E-state index contributed by atoms with van der Waals surface area (Å²) >= 11 is 3.30. The third kappa shape index (κ3) is 1.45. The Bertz CT molecular complexity index is 173. The van der Waals surface area contributed by atoms with Crippen LogP contribution in [-0.2, 0) is 6.42 Å². The number of hydrogen-bond donors (Lipinski definition) is 0. The van der Waals surface area contributed by atoms with E-state index in [0.717, 1.165) is 6.42 Å². The molecule has 0 aromatic carbocycles. The number of nitrogens with zero attached hydrogens (tertiary/aromatic N) is 1. The second-order valence-electron chi connectivity index (χ2n) is 1.47. The first-order valence-corrected chi connectivity index (χ1v) is 4.73. The molecule has 8 heavy (non-hydrogen) atoms. The maximum atomic E-state index is 4.18. The normalized spacial score (nSPS) is 9.75. The second kappa shape index (κ2) is 2.82. The van der Waals surface area contributed by atoms with Gasteiger partial charge in [0.1, 0.15) is 0 Å². The van der Waals surface area contributed by atoms with E-state index in [9.17, 15) is 0 Å². The van der Waals surface area contributed by atoms with Crippen molar-refractivity contribution in [1.29, 1.82) is 0 Å². The van der Waals surface area contributed by atoms with E-state index in [1.165, 1.54) is 30.4 Å². The van der Waals surface area contributed by atoms with E-state index in [1.807, 2.05) is 17.5 Å². The summed E-state index contributed by atoms with van der Waals surface area (Å²) in [5.74, 6) is 0. The Morgan fingerprint density at radius 1 is 1.88 bits per heavy atom. The fraction of sp³-hybridized carbons (Fsp3) is 0.400. The molecule has 3 heteroatoms. The number of aryl methyl sites for hydroxylation is 1. The molecule has 0 unspecified atom stereocenters. The monoisotopic (exact) mass is 232 g/mol. The summed E-state index contributed by atoms with van der Waals surface area (Å²) in [7, 11) is 0. The minimum absolute atomic E-state index is 1.08. The van der Waals surface area contributed by atoms with E-state index >= 15 is 0 Å². The SMILES string of the molecule is CCc1nc[c]([Sn])s1. The summed E-state index contributed by atoms with van der Waals surface area (Å²) < 4.78 is 1.40. The van der Waals surface area contributed by atoms with Crippen molar-refractivity contribution in [3.05, 3.63) is 11.2 Å². The van der Waals surface area contributed by atoms with E-state index in [0.29, 0.717) is 0 Å². The van der Waals surface area contributed by atoms with Crippen molar-refractivity contribution in [2.24, 2.45) is 0 Å². The number of hydrogen-bond acceptors (Lipinski definition) is 2. The molecule has 1 rings (SSSR count). The number of thiazole rings is 1. The first-order chi connectivity index (χ1) is 3.83. The van der Waals surface area contributed by atoms with Crippen LogP contribution in [0.1, 0.15) is 11.9 Å².